The standard InChI is InChI=1S/C38H26N6O3/c1-23-13-14-24(2)32(19-23)25-15-17-28(18-16-25)35-41-44-38(47-35)31-21-29(36-42-39-33(45-36)26-9-5-3-6-10-26)20-30(22-31)37-43-40-34(46-37)27-11-7-4-8-12-27/h3-22H,1-2H3. The molecule has 0 aliphatic rings. The van der Waals surface area contributed by atoms with E-state index >= 15 is 0 Å². The molecule has 0 aliphatic heterocycles. The number of benzene rings is 5. The molecule has 3 heterocycles. The van der Waals surface area contributed by atoms with Crippen molar-refractivity contribution in [2.75, 3.05) is 0 Å². The summed E-state index contributed by atoms with van der Waals surface area (Å²) in [6, 6.07) is 39.3. The van der Waals surface area contributed by atoms with Gasteiger partial charge in [-0.3, -0.25) is 0 Å². The molecular weight excluding hydrogens is 588 g/mol. The molecule has 0 saturated heterocycles. The van der Waals surface area contributed by atoms with E-state index in [1.807, 2.05) is 91.0 Å². The van der Waals surface area contributed by atoms with Crippen molar-refractivity contribution in [3.63, 3.8) is 0 Å². The third-order valence-corrected chi connectivity index (χ3v) is 7.83. The lowest BCUT2D eigenvalue weighted by Gasteiger charge is -2.08. The summed E-state index contributed by atoms with van der Waals surface area (Å²) >= 11 is 0. The molecule has 0 radical (unpaired) electrons. The Morgan fingerprint density at radius 3 is 1.13 bits per heavy atom. The molecule has 47 heavy (non-hydrogen) atoms. The highest BCUT2D eigenvalue weighted by molar-refractivity contribution is 5.75. The highest BCUT2D eigenvalue weighted by atomic mass is 16.4. The quantitative estimate of drug-likeness (QED) is 0.173. The molecule has 0 aliphatic carbocycles. The number of hydrogen-bond acceptors (Lipinski definition) is 9. The van der Waals surface area contributed by atoms with Crippen LogP contribution in [0.4, 0.5) is 0 Å². The topological polar surface area (TPSA) is 117 Å². The van der Waals surface area contributed by atoms with Crippen LogP contribution in [0, 0.1) is 13.8 Å². The molecule has 0 amide bonds. The predicted octanol–water partition coefficient (Wildman–Crippen LogP) is 9.12. The fourth-order valence-corrected chi connectivity index (χ4v) is 5.37. The van der Waals surface area contributed by atoms with Gasteiger partial charge in [0.1, 0.15) is 0 Å². The van der Waals surface area contributed by atoms with Crippen molar-refractivity contribution >= 4 is 0 Å². The first-order chi connectivity index (χ1) is 23.1. The second-order valence-electron chi connectivity index (χ2n) is 11.2. The second-order valence-corrected chi connectivity index (χ2v) is 11.2. The number of hydrogen-bond donors (Lipinski definition) is 0. The van der Waals surface area contributed by atoms with Gasteiger partial charge in [0, 0.05) is 33.4 Å². The SMILES string of the molecule is Cc1ccc(C)c(-c2ccc(-c3nnc(-c4cc(-c5nnc(-c6ccccc6)o5)cc(-c5nnc(-c6ccccc6)o5)c4)o3)cc2)c1. The number of nitrogens with zero attached hydrogens (tertiary/aromatic N) is 6. The average molecular weight is 615 g/mol. The molecule has 8 aromatic rings. The van der Waals surface area contributed by atoms with Crippen molar-refractivity contribution in [2.24, 2.45) is 0 Å². The molecule has 5 aromatic carbocycles. The van der Waals surface area contributed by atoms with Crippen molar-refractivity contribution in [2.45, 2.75) is 13.8 Å². The van der Waals surface area contributed by atoms with E-state index in [1.165, 1.54) is 16.7 Å². The minimum absolute atomic E-state index is 0.312. The second kappa shape index (κ2) is 11.8. The van der Waals surface area contributed by atoms with Crippen molar-refractivity contribution < 1.29 is 13.3 Å². The first kappa shape index (κ1) is 28.0. The summed E-state index contributed by atoms with van der Waals surface area (Å²) in [6.45, 7) is 4.21. The van der Waals surface area contributed by atoms with Gasteiger partial charge in [-0.15, -0.1) is 30.6 Å². The molecule has 9 heteroatoms. The van der Waals surface area contributed by atoms with Crippen LogP contribution in [-0.4, -0.2) is 30.6 Å². The van der Waals surface area contributed by atoms with Crippen molar-refractivity contribution in [3.8, 4) is 79.9 Å². The van der Waals surface area contributed by atoms with Crippen LogP contribution in [0.15, 0.2) is 135 Å². The maximum absolute atomic E-state index is 6.22. The van der Waals surface area contributed by atoms with Gasteiger partial charge in [-0.1, -0.05) is 72.3 Å². The Kier molecular flexibility index (Phi) is 7.03. The van der Waals surface area contributed by atoms with Crippen LogP contribution in [-0.2, 0) is 0 Å². The summed E-state index contributed by atoms with van der Waals surface area (Å²) in [6.07, 6.45) is 0. The molecule has 0 atom stereocenters. The third kappa shape index (κ3) is 5.62. The predicted molar refractivity (Wildman–Crippen MR) is 178 cm³/mol. The molecule has 3 aromatic heterocycles. The number of aryl methyl sites for hydroxylation is 2. The van der Waals surface area contributed by atoms with Crippen LogP contribution < -0.4 is 0 Å². The van der Waals surface area contributed by atoms with Gasteiger partial charge in [-0.05, 0) is 85.1 Å². The molecule has 0 spiro atoms. The Labute approximate surface area is 269 Å². The Morgan fingerprint density at radius 1 is 0.340 bits per heavy atom. The largest absolute Gasteiger partial charge is 0.416 e. The average Bonchev–Trinajstić information content (AvgIpc) is 3.92. The smallest absolute Gasteiger partial charge is 0.248 e. The van der Waals surface area contributed by atoms with E-state index in [4.69, 9.17) is 13.3 Å². The van der Waals surface area contributed by atoms with Gasteiger partial charge in [-0.25, -0.2) is 0 Å². The Balaban J connectivity index is 1.17. The molecular formula is C38H26N6O3. The number of rotatable bonds is 7. The first-order valence-corrected chi connectivity index (χ1v) is 15.0. The van der Waals surface area contributed by atoms with Gasteiger partial charge < -0.3 is 13.3 Å². The van der Waals surface area contributed by atoms with Gasteiger partial charge in [0.25, 0.3) is 0 Å². The molecule has 0 saturated carbocycles. The summed E-state index contributed by atoms with van der Waals surface area (Å²) in [5.41, 5.74) is 9.07. The lowest BCUT2D eigenvalue weighted by molar-refractivity contribution is 0.580. The normalized spacial score (nSPS) is 11.2. The van der Waals surface area contributed by atoms with Crippen LogP contribution in [0.5, 0.6) is 0 Å². The maximum Gasteiger partial charge on any atom is 0.248 e. The summed E-state index contributed by atoms with van der Waals surface area (Å²) < 4.78 is 18.4. The van der Waals surface area contributed by atoms with Gasteiger partial charge in [-0.2, -0.15) is 0 Å². The highest BCUT2D eigenvalue weighted by Crippen LogP contribution is 2.35. The lowest BCUT2D eigenvalue weighted by Crippen LogP contribution is -1.87. The molecule has 0 N–H and O–H groups in total. The van der Waals surface area contributed by atoms with Crippen molar-refractivity contribution in [1.82, 2.24) is 30.6 Å². The van der Waals surface area contributed by atoms with E-state index in [0.29, 0.717) is 52.0 Å². The van der Waals surface area contributed by atoms with E-state index in [-0.39, 0.29) is 0 Å². The zero-order valence-corrected chi connectivity index (χ0v) is 25.5. The molecule has 226 valence electrons. The van der Waals surface area contributed by atoms with Crippen LogP contribution >= 0.6 is 0 Å². The van der Waals surface area contributed by atoms with Crippen LogP contribution in [0.3, 0.4) is 0 Å². The summed E-state index contributed by atoms with van der Waals surface area (Å²) in [5, 5.41) is 26.0. The van der Waals surface area contributed by atoms with E-state index in [1.54, 1.807) is 0 Å². The van der Waals surface area contributed by atoms with Crippen molar-refractivity contribution in [1.29, 1.82) is 0 Å². The monoisotopic (exact) mass is 614 g/mol. The summed E-state index contributed by atoms with van der Waals surface area (Å²) in [4.78, 5) is 0. The van der Waals surface area contributed by atoms with E-state index in [2.05, 4.69) is 74.8 Å². The van der Waals surface area contributed by atoms with E-state index < -0.39 is 0 Å². The van der Waals surface area contributed by atoms with Gasteiger partial charge in [0.05, 0.1) is 0 Å². The van der Waals surface area contributed by atoms with Crippen molar-refractivity contribution in [3.05, 3.63) is 132 Å². The minimum atomic E-state index is 0.312. The Hall–Kier alpha value is -6.48. The van der Waals surface area contributed by atoms with Gasteiger partial charge >= 0.3 is 0 Å². The van der Waals surface area contributed by atoms with Gasteiger partial charge in [0.2, 0.25) is 35.3 Å². The molecule has 9 nitrogen and oxygen atoms in total. The van der Waals surface area contributed by atoms with Crippen LogP contribution in [0.2, 0.25) is 0 Å². The highest BCUT2D eigenvalue weighted by Gasteiger charge is 2.20. The number of aromatic nitrogens is 6. The fourth-order valence-electron chi connectivity index (χ4n) is 5.37. The molecule has 0 fully saturated rings. The summed E-state index contributed by atoms with van der Waals surface area (Å²) in [5.74, 6) is 2.15. The zero-order valence-electron chi connectivity index (χ0n) is 25.5. The molecule has 0 unspecified atom stereocenters. The fraction of sp³-hybridized carbons (Fsp3) is 0.0526. The van der Waals surface area contributed by atoms with E-state index in [0.717, 1.165) is 22.3 Å². The van der Waals surface area contributed by atoms with Gasteiger partial charge in [0.15, 0.2) is 0 Å². The Morgan fingerprint density at radius 2 is 0.702 bits per heavy atom. The van der Waals surface area contributed by atoms with E-state index in [9.17, 15) is 0 Å². The minimum Gasteiger partial charge on any atom is -0.416 e. The summed E-state index contributed by atoms with van der Waals surface area (Å²) in [7, 11) is 0. The van der Waals surface area contributed by atoms with Crippen LogP contribution in [0.1, 0.15) is 11.1 Å². The molecule has 0 bridgehead atoms. The zero-order chi connectivity index (χ0) is 31.7. The Bertz CT molecular complexity index is 2230. The molecule has 8 rings (SSSR count). The first-order valence-electron chi connectivity index (χ1n) is 15.0. The lowest BCUT2D eigenvalue weighted by atomic mass is 9.98. The maximum atomic E-state index is 6.22. The van der Waals surface area contributed by atoms with Crippen LogP contribution in [0.25, 0.3) is 79.9 Å². The third-order valence-electron chi connectivity index (χ3n) is 7.83.